The van der Waals surface area contributed by atoms with E-state index in [0.717, 1.165) is 16.6 Å². The maximum absolute atomic E-state index is 11.8. The fourth-order valence-electron chi connectivity index (χ4n) is 3.20. The third kappa shape index (κ3) is 2.39. The minimum Gasteiger partial charge on any atom is -0.453 e. The summed E-state index contributed by atoms with van der Waals surface area (Å²) in [5.74, 6) is 0.143. The molecule has 0 radical (unpaired) electrons. The van der Waals surface area contributed by atoms with Crippen molar-refractivity contribution in [3.8, 4) is 0 Å². The van der Waals surface area contributed by atoms with Gasteiger partial charge in [0, 0.05) is 35.5 Å². The zero-order valence-corrected chi connectivity index (χ0v) is 12.2. The number of carbonyl (C=O) groups excluding carboxylic acids is 2. The van der Waals surface area contributed by atoms with Gasteiger partial charge < -0.3 is 19.4 Å². The maximum Gasteiger partial charge on any atom is 0.409 e. The molecule has 0 spiro atoms. The van der Waals surface area contributed by atoms with Crippen LogP contribution in [-0.2, 0) is 16.1 Å². The summed E-state index contributed by atoms with van der Waals surface area (Å²) >= 11 is 0. The van der Waals surface area contributed by atoms with Crippen LogP contribution in [0.15, 0.2) is 24.3 Å². The molecule has 3 rings (SSSR count). The number of Topliss-reactive ketones (excluding diaryl/α,β-unsaturated/α-hetero) is 1. The van der Waals surface area contributed by atoms with Gasteiger partial charge in [-0.3, -0.25) is 0 Å². The molecule has 1 aromatic heterocycles. The number of rotatable bonds is 2. The molecule has 110 valence electrons. The third-order valence-corrected chi connectivity index (χ3v) is 3.99. The minimum atomic E-state index is -0.354. The van der Waals surface area contributed by atoms with E-state index >= 15 is 0 Å². The van der Waals surface area contributed by atoms with Gasteiger partial charge in [-0.2, -0.15) is 0 Å². The largest absolute Gasteiger partial charge is 0.453 e. The Bertz CT molecular complexity index is 705. The Morgan fingerprint density at radius 2 is 2.14 bits per heavy atom. The zero-order chi connectivity index (χ0) is 15.0. The average molecular weight is 286 g/mol. The number of ketones is 1. The van der Waals surface area contributed by atoms with Crippen LogP contribution in [0.25, 0.3) is 10.9 Å². The number of H-pyrrole nitrogens is 1. The summed E-state index contributed by atoms with van der Waals surface area (Å²) in [6.45, 7) is 2.60. The van der Waals surface area contributed by atoms with Crippen LogP contribution in [0, 0.1) is 0 Å². The van der Waals surface area contributed by atoms with Gasteiger partial charge in [-0.25, -0.2) is 4.79 Å². The molecule has 5 nitrogen and oxygen atoms in total. The number of methoxy groups -OCH3 is 1. The zero-order valence-electron chi connectivity index (χ0n) is 12.2. The lowest BCUT2D eigenvalue weighted by Crippen LogP contribution is -2.38. The molecule has 0 aliphatic carbocycles. The van der Waals surface area contributed by atoms with Crippen molar-refractivity contribution in [2.75, 3.05) is 13.7 Å². The molecule has 1 N–H and O–H groups in total. The molecule has 0 saturated carbocycles. The molecule has 21 heavy (non-hydrogen) atoms. The van der Waals surface area contributed by atoms with E-state index in [1.807, 2.05) is 18.2 Å². The molecule has 2 heterocycles. The van der Waals surface area contributed by atoms with Crippen molar-refractivity contribution in [3.63, 3.8) is 0 Å². The number of para-hydroxylation sites is 1. The van der Waals surface area contributed by atoms with Crippen molar-refractivity contribution in [2.24, 2.45) is 0 Å². The van der Waals surface area contributed by atoms with E-state index in [4.69, 9.17) is 4.74 Å². The van der Waals surface area contributed by atoms with E-state index in [2.05, 4.69) is 11.1 Å². The Labute approximate surface area is 122 Å². The first-order valence-corrected chi connectivity index (χ1v) is 7.02. The summed E-state index contributed by atoms with van der Waals surface area (Å²) in [5.41, 5.74) is 3.21. The minimum absolute atomic E-state index is 0.0153. The molecule has 2 aromatic rings. The van der Waals surface area contributed by atoms with Crippen molar-refractivity contribution < 1.29 is 14.3 Å². The number of aromatic nitrogens is 1. The fourth-order valence-corrected chi connectivity index (χ4v) is 3.20. The number of hydrogen-bond donors (Lipinski definition) is 1. The normalized spacial score (nSPS) is 17.6. The Morgan fingerprint density at radius 3 is 2.86 bits per heavy atom. The van der Waals surface area contributed by atoms with Crippen molar-refractivity contribution in [1.29, 1.82) is 0 Å². The smallest absolute Gasteiger partial charge is 0.409 e. The number of hydrogen-bond acceptors (Lipinski definition) is 3. The lowest BCUT2D eigenvalue weighted by atomic mass is 9.88. The second-order valence-corrected chi connectivity index (χ2v) is 5.52. The summed E-state index contributed by atoms with van der Waals surface area (Å²) in [7, 11) is 1.38. The number of amides is 1. The van der Waals surface area contributed by atoms with Crippen LogP contribution in [-0.4, -0.2) is 35.4 Å². The second kappa shape index (κ2) is 5.24. The predicted octanol–water partition coefficient (Wildman–Crippen LogP) is 2.81. The Hall–Kier alpha value is -2.30. The molecule has 1 unspecified atom stereocenters. The number of ether oxygens (including phenoxy) is 1. The van der Waals surface area contributed by atoms with E-state index in [-0.39, 0.29) is 17.8 Å². The molecule has 0 fully saturated rings. The Balaban J connectivity index is 2.08. The molecule has 0 saturated heterocycles. The standard InChI is InChI=1S/C16H18N2O3/c1-10(19)7-11-8-18(16(20)21-2)9-14-15(11)12-5-3-4-6-13(12)17-14/h3-6,11,17H,7-9H2,1-2H3. The summed E-state index contributed by atoms with van der Waals surface area (Å²) in [6.07, 6.45) is 0.0790. The van der Waals surface area contributed by atoms with Crippen LogP contribution in [0.4, 0.5) is 4.79 Å². The van der Waals surface area contributed by atoms with Crippen molar-refractivity contribution in [2.45, 2.75) is 25.8 Å². The van der Waals surface area contributed by atoms with Crippen LogP contribution in [0.5, 0.6) is 0 Å². The molecular weight excluding hydrogens is 268 g/mol. The number of nitrogens with zero attached hydrogens (tertiary/aromatic N) is 1. The van der Waals surface area contributed by atoms with Crippen LogP contribution >= 0.6 is 0 Å². The topological polar surface area (TPSA) is 62.4 Å². The summed E-state index contributed by atoms with van der Waals surface area (Å²) in [6, 6.07) is 8.04. The number of benzene rings is 1. The van der Waals surface area contributed by atoms with Crippen molar-refractivity contribution in [3.05, 3.63) is 35.5 Å². The summed E-state index contributed by atoms with van der Waals surface area (Å²) < 4.78 is 4.82. The first-order valence-electron chi connectivity index (χ1n) is 7.02. The van der Waals surface area contributed by atoms with Gasteiger partial charge in [0.1, 0.15) is 5.78 Å². The second-order valence-electron chi connectivity index (χ2n) is 5.52. The van der Waals surface area contributed by atoms with E-state index in [1.165, 1.54) is 12.7 Å². The molecule has 0 bridgehead atoms. The highest BCUT2D eigenvalue weighted by atomic mass is 16.5. The summed E-state index contributed by atoms with van der Waals surface area (Å²) in [5, 5.41) is 1.14. The molecule has 1 aliphatic heterocycles. The van der Waals surface area contributed by atoms with E-state index in [0.29, 0.717) is 19.5 Å². The third-order valence-electron chi connectivity index (χ3n) is 3.99. The molecular formula is C16H18N2O3. The Kier molecular flexibility index (Phi) is 3.41. The van der Waals surface area contributed by atoms with Gasteiger partial charge in [-0.05, 0) is 18.6 Å². The molecule has 1 aromatic carbocycles. The van der Waals surface area contributed by atoms with Gasteiger partial charge in [0.25, 0.3) is 0 Å². The van der Waals surface area contributed by atoms with Gasteiger partial charge in [0.05, 0.1) is 13.7 Å². The number of nitrogens with one attached hydrogen (secondary N) is 1. The first-order chi connectivity index (χ1) is 10.1. The lowest BCUT2D eigenvalue weighted by molar-refractivity contribution is -0.117. The fraction of sp³-hybridized carbons (Fsp3) is 0.375. The van der Waals surface area contributed by atoms with Crippen LogP contribution in [0.2, 0.25) is 0 Å². The average Bonchev–Trinajstić information content (AvgIpc) is 2.84. The highest BCUT2D eigenvalue weighted by Gasteiger charge is 2.32. The highest BCUT2D eigenvalue weighted by molar-refractivity contribution is 5.87. The molecule has 1 atom stereocenters. The van der Waals surface area contributed by atoms with Gasteiger partial charge in [0.2, 0.25) is 0 Å². The van der Waals surface area contributed by atoms with Gasteiger partial charge in [-0.1, -0.05) is 18.2 Å². The van der Waals surface area contributed by atoms with E-state index in [1.54, 1.807) is 11.8 Å². The van der Waals surface area contributed by atoms with Crippen molar-refractivity contribution in [1.82, 2.24) is 9.88 Å². The van der Waals surface area contributed by atoms with E-state index in [9.17, 15) is 9.59 Å². The molecule has 1 amide bonds. The predicted molar refractivity (Wildman–Crippen MR) is 79.2 cm³/mol. The van der Waals surface area contributed by atoms with Gasteiger partial charge in [0.15, 0.2) is 0 Å². The van der Waals surface area contributed by atoms with Crippen LogP contribution in [0.1, 0.15) is 30.5 Å². The van der Waals surface area contributed by atoms with Gasteiger partial charge in [-0.15, -0.1) is 0 Å². The quantitative estimate of drug-likeness (QED) is 0.923. The van der Waals surface area contributed by atoms with Crippen LogP contribution in [0.3, 0.4) is 0 Å². The Morgan fingerprint density at radius 1 is 1.38 bits per heavy atom. The van der Waals surface area contributed by atoms with Crippen molar-refractivity contribution >= 4 is 22.8 Å². The first kappa shape index (κ1) is 13.7. The molecule has 5 heteroatoms. The maximum atomic E-state index is 11.8. The number of aromatic amines is 1. The highest BCUT2D eigenvalue weighted by Crippen LogP contribution is 2.36. The van der Waals surface area contributed by atoms with E-state index < -0.39 is 0 Å². The van der Waals surface area contributed by atoms with Gasteiger partial charge >= 0.3 is 6.09 Å². The molecule has 1 aliphatic rings. The number of fused-ring (bicyclic) bond motifs is 3. The SMILES string of the molecule is COC(=O)N1Cc2[nH]c3ccccc3c2C(CC(C)=O)C1. The lowest BCUT2D eigenvalue weighted by Gasteiger charge is -2.31. The van der Waals surface area contributed by atoms with Crippen LogP contribution < -0.4 is 0 Å². The monoisotopic (exact) mass is 286 g/mol. The summed E-state index contributed by atoms with van der Waals surface area (Å²) in [4.78, 5) is 28.4. The number of carbonyl (C=O) groups is 2.